The van der Waals surface area contributed by atoms with E-state index in [0.29, 0.717) is 19.6 Å². The van der Waals surface area contributed by atoms with Crippen LogP contribution >= 0.6 is 11.8 Å². The molecule has 1 fully saturated rings. The Morgan fingerprint density at radius 1 is 1.43 bits per heavy atom. The van der Waals surface area contributed by atoms with Gasteiger partial charge in [-0.3, -0.25) is 0 Å². The maximum absolute atomic E-state index is 12.6. The summed E-state index contributed by atoms with van der Waals surface area (Å²) in [6.45, 7) is 8.84. The number of nitrogens with one attached hydrogen (secondary N) is 1. The minimum absolute atomic E-state index is 0.0453. The van der Waals surface area contributed by atoms with Crippen LogP contribution < -0.4 is 5.32 Å². The van der Waals surface area contributed by atoms with E-state index in [2.05, 4.69) is 24.1 Å². The van der Waals surface area contributed by atoms with Gasteiger partial charge < -0.3 is 5.32 Å². The molecule has 7 heteroatoms. The first kappa shape index (κ1) is 16.7. The molecule has 0 aliphatic carbocycles. The Balaban J connectivity index is 2.15. The normalized spacial score (nSPS) is 19.6. The van der Waals surface area contributed by atoms with E-state index in [9.17, 15) is 8.42 Å². The van der Waals surface area contributed by atoms with Crippen LogP contribution in [-0.2, 0) is 16.6 Å². The molecule has 1 aromatic rings. The number of nitrogens with zero attached hydrogens (tertiary/aromatic N) is 2. The average Bonchev–Trinajstić information content (AvgIpc) is 2.44. The average molecular weight is 329 g/mol. The summed E-state index contributed by atoms with van der Waals surface area (Å²) in [5, 5.41) is 3.34. The van der Waals surface area contributed by atoms with Gasteiger partial charge in [-0.1, -0.05) is 13.0 Å². The monoisotopic (exact) mass is 329 g/mol. The molecule has 0 atom stereocenters. The lowest BCUT2D eigenvalue weighted by Gasteiger charge is -2.36. The van der Waals surface area contributed by atoms with Crippen molar-refractivity contribution in [3.05, 3.63) is 23.9 Å². The number of pyridine rings is 1. The lowest BCUT2D eigenvalue weighted by molar-refractivity contribution is 0.386. The summed E-state index contributed by atoms with van der Waals surface area (Å²) in [4.78, 5) is 4.15. The second-order valence-corrected chi connectivity index (χ2v) is 9.42. The fourth-order valence-corrected chi connectivity index (χ4v) is 5.07. The van der Waals surface area contributed by atoms with E-state index >= 15 is 0 Å². The van der Waals surface area contributed by atoms with Crippen LogP contribution in [0.25, 0.3) is 0 Å². The molecule has 0 saturated carbocycles. The van der Waals surface area contributed by atoms with Crippen molar-refractivity contribution < 1.29 is 8.42 Å². The molecule has 118 valence electrons. The van der Waals surface area contributed by atoms with Gasteiger partial charge in [0, 0.05) is 36.3 Å². The number of hydrogen-bond donors (Lipinski definition) is 1. The van der Waals surface area contributed by atoms with Crippen molar-refractivity contribution in [3.63, 3.8) is 0 Å². The third-order valence-corrected chi connectivity index (χ3v) is 6.43. The Morgan fingerprint density at radius 2 is 2.19 bits per heavy atom. The van der Waals surface area contributed by atoms with Crippen LogP contribution in [0.3, 0.4) is 0 Å². The second-order valence-electron chi connectivity index (χ2n) is 5.73. The second kappa shape index (κ2) is 6.64. The summed E-state index contributed by atoms with van der Waals surface area (Å²) >= 11 is 1.81. The van der Waals surface area contributed by atoms with Crippen LogP contribution in [0.15, 0.2) is 23.4 Å². The predicted molar refractivity (Wildman–Crippen MR) is 86.9 cm³/mol. The molecule has 21 heavy (non-hydrogen) atoms. The highest BCUT2D eigenvalue weighted by atomic mass is 32.2. The molecule has 0 bridgehead atoms. The summed E-state index contributed by atoms with van der Waals surface area (Å²) in [6.07, 6.45) is 1.64. The number of sulfonamides is 1. The summed E-state index contributed by atoms with van der Waals surface area (Å²) in [5.41, 5.74) is 0.991. The van der Waals surface area contributed by atoms with E-state index in [1.807, 2.05) is 24.8 Å². The SMILES string of the molecule is CCNCc1ccc(S(=O)(=O)N2CCSC(C)(C)C2)nc1. The quantitative estimate of drug-likeness (QED) is 0.891. The molecule has 5 nitrogen and oxygen atoms in total. The lowest BCUT2D eigenvalue weighted by atomic mass is 10.2. The van der Waals surface area contributed by atoms with E-state index in [0.717, 1.165) is 17.9 Å². The third-order valence-electron chi connectivity index (χ3n) is 3.37. The molecule has 1 saturated heterocycles. The van der Waals surface area contributed by atoms with Crippen molar-refractivity contribution in [1.82, 2.24) is 14.6 Å². The van der Waals surface area contributed by atoms with E-state index < -0.39 is 10.0 Å². The van der Waals surface area contributed by atoms with Crippen molar-refractivity contribution in [1.29, 1.82) is 0 Å². The molecule has 1 aromatic heterocycles. The molecule has 2 heterocycles. The molecule has 0 spiro atoms. The Labute approximate surface area is 131 Å². The molecule has 0 aromatic carbocycles. The minimum Gasteiger partial charge on any atom is -0.313 e. The Morgan fingerprint density at radius 3 is 2.76 bits per heavy atom. The van der Waals surface area contributed by atoms with Gasteiger partial charge in [0.15, 0.2) is 5.03 Å². The van der Waals surface area contributed by atoms with Gasteiger partial charge in [-0.05, 0) is 32.0 Å². The zero-order valence-electron chi connectivity index (χ0n) is 12.8. The van der Waals surface area contributed by atoms with Crippen molar-refractivity contribution in [2.24, 2.45) is 0 Å². The highest BCUT2D eigenvalue weighted by Crippen LogP contribution is 2.32. The van der Waals surface area contributed by atoms with E-state index in [1.165, 1.54) is 0 Å². The largest absolute Gasteiger partial charge is 0.313 e. The van der Waals surface area contributed by atoms with Crippen molar-refractivity contribution >= 4 is 21.8 Å². The van der Waals surface area contributed by atoms with Crippen LogP contribution in [0.2, 0.25) is 0 Å². The molecule has 1 aliphatic rings. The highest BCUT2D eigenvalue weighted by Gasteiger charge is 2.35. The van der Waals surface area contributed by atoms with Gasteiger partial charge in [0.1, 0.15) is 0 Å². The maximum Gasteiger partial charge on any atom is 0.260 e. The molecule has 0 amide bonds. The fraction of sp³-hybridized carbons (Fsp3) is 0.643. The van der Waals surface area contributed by atoms with Crippen molar-refractivity contribution in [3.8, 4) is 0 Å². The van der Waals surface area contributed by atoms with Gasteiger partial charge in [0.05, 0.1) is 0 Å². The lowest BCUT2D eigenvalue weighted by Crippen LogP contribution is -2.46. The van der Waals surface area contributed by atoms with E-state index in [-0.39, 0.29) is 9.77 Å². The molecular weight excluding hydrogens is 306 g/mol. The van der Waals surface area contributed by atoms with Crippen LogP contribution in [-0.4, -0.2) is 47.8 Å². The molecular formula is C14H23N3O2S2. The van der Waals surface area contributed by atoms with Crippen LogP contribution in [0.1, 0.15) is 26.3 Å². The Bertz CT molecular complexity index is 570. The number of aromatic nitrogens is 1. The van der Waals surface area contributed by atoms with Crippen molar-refractivity contribution in [2.75, 3.05) is 25.4 Å². The summed E-state index contributed by atoms with van der Waals surface area (Å²) in [6, 6.07) is 3.43. The summed E-state index contributed by atoms with van der Waals surface area (Å²) < 4.78 is 26.8. The zero-order valence-corrected chi connectivity index (χ0v) is 14.4. The smallest absolute Gasteiger partial charge is 0.260 e. The standard InChI is InChI=1S/C14H23N3O2S2/c1-4-15-9-12-5-6-13(16-10-12)21(18,19)17-7-8-20-14(2,3)11-17/h5-6,10,15H,4,7-9,11H2,1-3H3. The van der Waals surface area contributed by atoms with Gasteiger partial charge in [-0.15, -0.1) is 0 Å². The Hall–Kier alpha value is -0.630. The molecule has 1 N–H and O–H groups in total. The Kier molecular flexibility index (Phi) is 5.29. The predicted octanol–water partition coefficient (Wildman–Crippen LogP) is 1.71. The maximum atomic E-state index is 12.6. The van der Waals surface area contributed by atoms with Gasteiger partial charge in [-0.25, -0.2) is 13.4 Å². The molecule has 0 radical (unpaired) electrons. The fourth-order valence-electron chi connectivity index (χ4n) is 2.25. The van der Waals surface area contributed by atoms with Crippen LogP contribution in [0.5, 0.6) is 0 Å². The first-order valence-corrected chi connectivity index (χ1v) is 9.57. The van der Waals surface area contributed by atoms with E-state index in [1.54, 1.807) is 16.6 Å². The topological polar surface area (TPSA) is 62.3 Å². The minimum atomic E-state index is -3.48. The molecule has 0 unspecified atom stereocenters. The first-order valence-electron chi connectivity index (χ1n) is 7.15. The molecule has 2 rings (SSSR count). The van der Waals surface area contributed by atoms with Crippen LogP contribution in [0, 0.1) is 0 Å². The number of hydrogen-bond acceptors (Lipinski definition) is 5. The van der Waals surface area contributed by atoms with Gasteiger partial charge in [0.25, 0.3) is 10.0 Å². The zero-order chi connectivity index (χ0) is 15.5. The van der Waals surface area contributed by atoms with E-state index in [4.69, 9.17) is 0 Å². The van der Waals surface area contributed by atoms with Crippen molar-refractivity contribution in [2.45, 2.75) is 37.1 Å². The van der Waals surface area contributed by atoms with Gasteiger partial charge in [0.2, 0.25) is 0 Å². The van der Waals surface area contributed by atoms with Gasteiger partial charge >= 0.3 is 0 Å². The molecule has 1 aliphatic heterocycles. The number of rotatable bonds is 5. The summed E-state index contributed by atoms with van der Waals surface area (Å²) in [5.74, 6) is 0.824. The summed E-state index contributed by atoms with van der Waals surface area (Å²) in [7, 11) is -3.48. The first-order chi connectivity index (χ1) is 9.85. The van der Waals surface area contributed by atoms with Crippen LogP contribution in [0.4, 0.5) is 0 Å². The highest BCUT2D eigenvalue weighted by molar-refractivity contribution is 8.00. The number of thioether (sulfide) groups is 1. The van der Waals surface area contributed by atoms with Gasteiger partial charge in [-0.2, -0.15) is 16.1 Å². The third kappa shape index (κ3) is 4.18.